The van der Waals surface area contributed by atoms with Crippen molar-refractivity contribution in [3.8, 4) is 0 Å². The molecule has 0 radical (unpaired) electrons. The van der Waals surface area contributed by atoms with Crippen LogP contribution >= 0.6 is 12.4 Å². The van der Waals surface area contributed by atoms with E-state index >= 15 is 0 Å². The van der Waals surface area contributed by atoms with Crippen molar-refractivity contribution < 1.29 is 13.2 Å². The molecule has 1 aliphatic rings. The number of sulfonamides is 1. The molecule has 2 atom stereocenters. The molecule has 0 aliphatic carbocycles. The Bertz CT molecular complexity index is 445. The third-order valence-electron chi connectivity index (χ3n) is 4.11. The van der Waals surface area contributed by atoms with Crippen molar-refractivity contribution in [2.24, 2.45) is 11.7 Å². The van der Waals surface area contributed by atoms with E-state index in [0.717, 1.165) is 32.1 Å². The van der Waals surface area contributed by atoms with Crippen molar-refractivity contribution in [3.05, 3.63) is 0 Å². The average Bonchev–Trinajstić information content (AvgIpc) is 2.45. The Balaban J connectivity index is 0.00000484. The Labute approximate surface area is 147 Å². The van der Waals surface area contributed by atoms with Crippen LogP contribution in [0.25, 0.3) is 0 Å². The first-order chi connectivity index (χ1) is 10.4. The maximum Gasteiger partial charge on any atom is 0.221 e. The molecule has 23 heavy (non-hydrogen) atoms. The largest absolute Gasteiger partial charge is 0.354 e. The zero-order chi connectivity index (χ0) is 16.6. The molecule has 0 aromatic heterocycles. The van der Waals surface area contributed by atoms with Crippen LogP contribution in [0.15, 0.2) is 0 Å². The number of nitrogens with two attached hydrogens (primary N) is 1. The summed E-state index contributed by atoms with van der Waals surface area (Å²) in [7, 11) is -3.26. The summed E-state index contributed by atoms with van der Waals surface area (Å²) in [6, 6.07) is -0.116. The van der Waals surface area contributed by atoms with Gasteiger partial charge in [0, 0.05) is 32.1 Å². The molecular formula is C15H32ClN3O3S. The van der Waals surface area contributed by atoms with Crippen molar-refractivity contribution in [1.29, 1.82) is 0 Å². The van der Waals surface area contributed by atoms with Crippen molar-refractivity contribution in [2.45, 2.75) is 58.4 Å². The van der Waals surface area contributed by atoms with Crippen LogP contribution in [0.3, 0.4) is 0 Å². The minimum atomic E-state index is -3.26. The molecule has 0 aromatic rings. The van der Waals surface area contributed by atoms with Crippen LogP contribution in [0.1, 0.15) is 52.4 Å². The molecule has 3 N–H and O–H groups in total. The highest BCUT2D eigenvalue weighted by atomic mass is 35.5. The molecule has 138 valence electrons. The van der Waals surface area contributed by atoms with Crippen molar-refractivity contribution >= 4 is 28.3 Å². The van der Waals surface area contributed by atoms with Crippen molar-refractivity contribution in [3.63, 3.8) is 0 Å². The van der Waals surface area contributed by atoms with Gasteiger partial charge in [-0.1, -0.05) is 26.7 Å². The van der Waals surface area contributed by atoms with Gasteiger partial charge in [0.15, 0.2) is 0 Å². The Hall–Kier alpha value is -0.370. The first kappa shape index (κ1) is 22.6. The summed E-state index contributed by atoms with van der Waals surface area (Å²) < 4.78 is 26.9. The van der Waals surface area contributed by atoms with E-state index in [4.69, 9.17) is 5.73 Å². The maximum absolute atomic E-state index is 12.6. The first-order valence-electron chi connectivity index (χ1n) is 8.37. The second-order valence-corrected chi connectivity index (χ2v) is 8.24. The molecular weight excluding hydrogens is 338 g/mol. The average molecular weight is 370 g/mol. The fourth-order valence-electron chi connectivity index (χ4n) is 3.03. The Morgan fingerprint density at radius 1 is 1.39 bits per heavy atom. The third kappa shape index (κ3) is 7.83. The van der Waals surface area contributed by atoms with E-state index in [1.165, 1.54) is 0 Å². The lowest BCUT2D eigenvalue weighted by Gasteiger charge is -2.35. The van der Waals surface area contributed by atoms with Crippen LogP contribution in [-0.4, -0.2) is 50.1 Å². The zero-order valence-corrected chi connectivity index (χ0v) is 15.9. The van der Waals surface area contributed by atoms with Gasteiger partial charge < -0.3 is 11.1 Å². The molecule has 0 spiro atoms. The smallest absolute Gasteiger partial charge is 0.221 e. The number of amides is 1. The lowest BCUT2D eigenvalue weighted by Crippen LogP contribution is -2.50. The highest BCUT2D eigenvalue weighted by molar-refractivity contribution is 7.89. The number of rotatable bonds is 9. The van der Waals surface area contributed by atoms with Crippen LogP contribution < -0.4 is 11.1 Å². The predicted octanol–water partition coefficient (Wildman–Crippen LogP) is 1.49. The number of nitrogens with one attached hydrogen (secondary N) is 1. The highest BCUT2D eigenvalue weighted by Gasteiger charge is 2.33. The minimum Gasteiger partial charge on any atom is -0.354 e. The number of nitrogens with zero attached hydrogens (tertiary/aromatic N) is 1. The Morgan fingerprint density at radius 3 is 2.70 bits per heavy atom. The lowest BCUT2D eigenvalue weighted by atomic mass is 10.1. The van der Waals surface area contributed by atoms with Gasteiger partial charge in [0.1, 0.15) is 0 Å². The molecule has 1 amide bonds. The SMILES string of the molecule is CCCC(C)CS(=O)(=O)N1CCCCC1CNC(=O)CCN.Cl. The van der Waals surface area contributed by atoms with E-state index in [0.29, 0.717) is 19.6 Å². The molecule has 2 unspecified atom stereocenters. The molecule has 1 saturated heterocycles. The van der Waals surface area contributed by atoms with Gasteiger partial charge in [0.2, 0.25) is 15.9 Å². The number of hydrogen-bond donors (Lipinski definition) is 2. The van der Waals surface area contributed by atoms with Gasteiger partial charge >= 0.3 is 0 Å². The predicted molar refractivity (Wildman–Crippen MR) is 96.1 cm³/mol. The van der Waals surface area contributed by atoms with Crippen LogP contribution in [0.2, 0.25) is 0 Å². The van der Waals surface area contributed by atoms with Gasteiger partial charge in [0.05, 0.1) is 5.75 Å². The van der Waals surface area contributed by atoms with E-state index in [1.807, 2.05) is 6.92 Å². The van der Waals surface area contributed by atoms with Gasteiger partial charge in [0.25, 0.3) is 0 Å². The zero-order valence-electron chi connectivity index (χ0n) is 14.3. The van der Waals surface area contributed by atoms with Gasteiger partial charge in [-0.15, -0.1) is 12.4 Å². The van der Waals surface area contributed by atoms with Gasteiger partial charge in [-0.2, -0.15) is 4.31 Å². The van der Waals surface area contributed by atoms with E-state index < -0.39 is 10.0 Å². The molecule has 0 bridgehead atoms. The molecule has 1 rings (SSSR count). The number of hydrogen-bond acceptors (Lipinski definition) is 4. The lowest BCUT2D eigenvalue weighted by molar-refractivity contribution is -0.121. The van der Waals surface area contributed by atoms with Crippen molar-refractivity contribution in [1.82, 2.24) is 9.62 Å². The summed E-state index contributed by atoms with van der Waals surface area (Å²) in [5, 5.41) is 2.81. The van der Waals surface area contributed by atoms with E-state index in [2.05, 4.69) is 12.2 Å². The summed E-state index contributed by atoms with van der Waals surface area (Å²) in [5.41, 5.74) is 5.35. The second-order valence-electron chi connectivity index (χ2n) is 6.28. The highest BCUT2D eigenvalue weighted by Crippen LogP contribution is 2.22. The number of carbonyl (C=O) groups is 1. The molecule has 8 heteroatoms. The summed E-state index contributed by atoms with van der Waals surface area (Å²) in [6.07, 6.45) is 4.92. The van der Waals surface area contributed by atoms with Gasteiger partial charge in [-0.3, -0.25) is 4.79 Å². The molecule has 6 nitrogen and oxygen atoms in total. The number of halogens is 1. The van der Waals surface area contributed by atoms with Crippen LogP contribution in [0.4, 0.5) is 0 Å². The monoisotopic (exact) mass is 369 g/mol. The Kier molecular flexibility index (Phi) is 11.1. The summed E-state index contributed by atoms with van der Waals surface area (Å²) in [5.74, 6) is 0.267. The van der Waals surface area contributed by atoms with Gasteiger partial charge in [-0.05, 0) is 25.2 Å². The van der Waals surface area contributed by atoms with E-state index in [1.54, 1.807) is 4.31 Å². The van der Waals surface area contributed by atoms with E-state index in [-0.39, 0.29) is 42.4 Å². The molecule has 0 aromatic carbocycles. The number of carbonyl (C=O) groups excluding carboxylic acids is 1. The maximum atomic E-state index is 12.6. The van der Waals surface area contributed by atoms with Crippen LogP contribution in [-0.2, 0) is 14.8 Å². The topological polar surface area (TPSA) is 92.5 Å². The summed E-state index contributed by atoms with van der Waals surface area (Å²) in [6.45, 7) is 5.33. The quantitative estimate of drug-likeness (QED) is 0.644. The molecule has 1 fully saturated rings. The summed E-state index contributed by atoms with van der Waals surface area (Å²) >= 11 is 0. The van der Waals surface area contributed by atoms with Gasteiger partial charge in [-0.25, -0.2) is 8.42 Å². The molecule has 0 saturated carbocycles. The normalized spacial score (nSPS) is 20.6. The van der Waals surface area contributed by atoms with Crippen molar-refractivity contribution in [2.75, 3.05) is 25.4 Å². The Morgan fingerprint density at radius 2 is 2.09 bits per heavy atom. The van der Waals surface area contributed by atoms with Crippen LogP contribution in [0.5, 0.6) is 0 Å². The first-order valence-corrected chi connectivity index (χ1v) is 9.98. The second kappa shape index (κ2) is 11.2. The summed E-state index contributed by atoms with van der Waals surface area (Å²) in [4.78, 5) is 11.5. The minimum absolute atomic E-state index is 0. The third-order valence-corrected chi connectivity index (χ3v) is 6.30. The van der Waals surface area contributed by atoms with E-state index in [9.17, 15) is 13.2 Å². The molecule has 1 aliphatic heterocycles. The fourth-order valence-corrected chi connectivity index (χ4v) is 5.15. The van der Waals surface area contributed by atoms with Crippen LogP contribution in [0, 0.1) is 5.92 Å². The fraction of sp³-hybridized carbons (Fsp3) is 0.933. The number of piperidine rings is 1. The molecule has 1 heterocycles. The standard InChI is InChI=1S/C15H31N3O3S.ClH/c1-3-6-13(2)12-22(20,21)18-10-5-4-7-14(18)11-17-15(19)8-9-16;/h13-14H,3-12,16H2,1-2H3,(H,17,19);1H.